The zero-order chi connectivity index (χ0) is 15.7. The third-order valence-corrected chi connectivity index (χ3v) is 6.02. The largest absolute Gasteiger partial charge is 0.305 e. The van der Waals surface area contributed by atoms with Crippen molar-refractivity contribution in [3.8, 4) is 0 Å². The van der Waals surface area contributed by atoms with Gasteiger partial charge in [-0.3, -0.25) is 4.79 Å². The van der Waals surface area contributed by atoms with Gasteiger partial charge in [-0.1, -0.05) is 19.8 Å². The smallest absolute Gasteiger partial charge is 0.262 e. The Morgan fingerprint density at radius 3 is 2.52 bits per heavy atom. The zero-order valence-electron chi connectivity index (χ0n) is 13.4. The predicted molar refractivity (Wildman–Crippen MR) is 90.8 cm³/mol. The minimum atomic E-state index is -0.205. The molecule has 1 amide bonds. The Hall–Kier alpha value is -0.200. The molecule has 0 spiro atoms. The SMILES string of the molecule is CCCCCSC1CCC(C(=O)N=S=O)CCC1N(C)C. The summed E-state index contributed by atoms with van der Waals surface area (Å²) in [6.07, 6.45) is 7.64. The number of nitrogens with zero attached hydrogens (tertiary/aromatic N) is 2. The van der Waals surface area contributed by atoms with E-state index in [0.717, 1.165) is 25.7 Å². The molecule has 0 aromatic heterocycles. The summed E-state index contributed by atoms with van der Waals surface area (Å²) in [6.45, 7) is 2.23. The van der Waals surface area contributed by atoms with E-state index in [1.807, 2.05) is 0 Å². The predicted octanol–water partition coefficient (Wildman–Crippen LogP) is 3.32. The quantitative estimate of drug-likeness (QED) is 0.530. The average Bonchev–Trinajstić information content (AvgIpc) is 2.66. The summed E-state index contributed by atoms with van der Waals surface area (Å²) in [6, 6.07) is 0.523. The van der Waals surface area contributed by atoms with Crippen LogP contribution in [-0.2, 0) is 16.3 Å². The van der Waals surface area contributed by atoms with Gasteiger partial charge >= 0.3 is 0 Å². The molecule has 1 fully saturated rings. The highest BCUT2D eigenvalue weighted by Gasteiger charge is 2.31. The molecular formula is C15H28N2O2S2. The van der Waals surface area contributed by atoms with Gasteiger partial charge < -0.3 is 4.90 Å². The molecule has 3 unspecified atom stereocenters. The molecule has 0 radical (unpaired) electrons. The van der Waals surface area contributed by atoms with Crippen molar-refractivity contribution >= 4 is 29.1 Å². The maximum absolute atomic E-state index is 11.8. The molecule has 0 bridgehead atoms. The monoisotopic (exact) mass is 332 g/mol. The summed E-state index contributed by atoms with van der Waals surface area (Å²) in [7, 11) is 4.26. The highest BCUT2D eigenvalue weighted by atomic mass is 32.2. The molecule has 0 aromatic rings. The van der Waals surface area contributed by atoms with E-state index in [9.17, 15) is 9.00 Å². The van der Waals surface area contributed by atoms with Crippen molar-refractivity contribution in [2.75, 3.05) is 19.8 Å². The minimum Gasteiger partial charge on any atom is -0.305 e. The number of hydrogen-bond acceptors (Lipinski definition) is 4. The van der Waals surface area contributed by atoms with Crippen LogP contribution < -0.4 is 0 Å². The Balaban J connectivity index is 2.59. The van der Waals surface area contributed by atoms with E-state index in [-0.39, 0.29) is 23.3 Å². The molecule has 0 saturated heterocycles. The van der Waals surface area contributed by atoms with Gasteiger partial charge in [-0.05, 0) is 52.0 Å². The first-order chi connectivity index (χ1) is 10.1. The summed E-state index contributed by atoms with van der Waals surface area (Å²) < 4.78 is 13.9. The molecule has 0 aliphatic heterocycles. The van der Waals surface area contributed by atoms with Crippen LogP contribution in [0.15, 0.2) is 4.36 Å². The number of thioether (sulfide) groups is 1. The average molecular weight is 333 g/mol. The summed E-state index contributed by atoms with van der Waals surface area (Å²) >= 11 is 2.11. The first-order valence-corrected chi connectivity index (χ1v) is 9.66. The lowest BCUT2D eigenvalue weighted by Crippen LogP contribution is -2.36. The Kier molecular flexibility index (Phi) is 9.44. The highest BCUT2D eigenvalue weighted by molar-refractivity contribution is 7.99. The van der Waals surface area contributed by atoms with E-state index in [2.05, 4.69) is 42.0 Å². The van der Waals surface area contributed by atoms with Crippen LogP contribution >= 0.6 is 11.8 Å². The van der Waals surface area contributed by atoms with Crippen LogP contribution in [0.25, 0.3) is 0 Å². The molecular weight excluding hydrogens is 304 g/mol. The van der Waals surface area contributed by atoms with Crippen molar-refractivity contribution in [2.24, 2.45) is 10.3 Å². The van der Waals surface area contributed by atoms with Crippen LogP contribution in [-0.4, -0.2) is 46.2 Å². The fourth-order valence-corrected chi connectivity index (χ4v) is 4.79. The van der Waals surface area contributed by atoms with Crippen molar-refractivity contribution in [3.05, 3.63) is 0 Å². The highest BCUT2D eigenvalue weighted by Crippen LogP contribution is 2.33. The standard InChI is InChI=1S/C15H28N2O2S2/c1-4-5-6-11-20-14-10-8-12(15(18)16-21-19)7-9-13(14)17(2)3/h12-14H,4-11H2,1-3H3. The topological polar surface area (TPSA) is 49.7 Å². The van der Waals surface area contributed by atoms with Crippen molar-refractivity contribution in [3.63, 3.8) is 0 Å². The first kappa shape index (κ1) is 18.8. The minimum absolute atomic E-state index is 0.0462. The van der Waals surface area contributed by atoms with Crippen LogP contribution in [0.3, 0.4) is 0 Å². The van der Waals surface area contributed by atoms with Gasteiger partial charge in [0.05, 0.1) is 0 Å². The molecule has 0 heterocycles. The summed E-state index contributed by atoms with van der Waals surface area (Å²) in [4.78, 5) is 14.1. The van der Waals surface area contributed by atoms with Crippen molar-refractivity contribution in [1.29, 1.82) is 0 Å². The van der Waals surface area contributed by atoms with Crippen molar-refractivity contribution < 1.29 is 9.00 Å². The van der Waals surface area contributed by atoms with Gasteiger partial charge in [0.25, 0.3) is 5.91 Å². The van der Waals surface area contributed by atoms with Gasteiger partial charge in [0.15, 0.2) is 0 Å². The van der Waals surface area contributed by atoms with E-state index in [4.69, 9.17) is 0 Å². The molecule has 1 rings (SSSR count). The lowest BCUT2D eigenvalue weighted by molar-refractivity contribution is -0.121. The molecule has 0 N–H and O–H groups in total. The lowest BCUT2D eigenvalue weighted by Gasteiger charge is -2.30. The van der Waals surface area contributed by atoms with Gasteiger partial charge in [-0.15, -0.1) is 4.36 Å². The number of amides is 1. The summed E-state index contributed by atoms with van der Waals surface area (Å²) in [5.41, 5.74) is 0. The first-order valence-electron chi connectivity index (χ1n) is 7.92. The number of hydrogen-bond donors (Lipinski definition) is 0. The number of carbonyl (C=O) groups is 1. The summed E-state index contributed by atoms with van der Waals surface area (Å²) in [5.74, 6) is 0.960. The second-order valence-electron chi connectivity index (χ2n) is 6.00. The van der Waals surface area contributed by atoms with E-state index >= 15 is 0 Å². The Morgan fingerprint density at radius 1 is 1.19 bits per heavy atom. The van der Waals surface area contributed by atoms with Crippen molar-refractivity contribution in [2.45, 2.75) is 63.2 Å². The van der Waals surface area contributed by atoms with Gasteiger partial charge in [-0.25, -0.2) is 0 Å². The third kappa shape index (κ3) is 6.61. The third-order valence-electron chi connectivity index (χ3n) is 4.26. The lowest BCUT2D eigenvalue weighted by atomic mass is 10.00. The molecule has 0 aromatic carbocycles. The van der Waals surface area contributed by atoms with E-state index < -0.39 is 0 Å². The number of rotatable bonds is 7. The maximum atomic E-state index is 11.8. The molecule has 122 valence electrons. The van der Waals surface area contributed by atoms with Gasteiger partial charge in [0, 0.05) is 17.2 Å². The molecule has 1 aliphatic rings. The van der Waals surface area contributed by atoms with E-state index in [0.29, 0.717) is 11.3 Å². The molecule has 3 atom stereocenters. The van der Waals surface area contributed by atoms with E-state index in [1.165, 1.54) is 25.0 Å². The van der Waals surface area contributed by atoms with Crippen molar-refractivity contribution in [1.82, 2.24) is 4.90 Å². The molecule has 21 heavy (non-hydrogen) atoms. The summed E-state index contributed by atoms with van der Waals surface area (Å²) in [5, 5.41) is 0.592. The maximum Gasteiger partial charge on any atom is 0.262 e. The van der Waals surface area contributed by atoms with Gasteiger partial charge in [0.2, 0.25) is 11.5 Å². The second-order valence-corrected chi connectivity index (χ2v) is 7.68. The van der Waals surface area contributed by atoms with Gasteiger partial charge in [-0.2, -0.15) is 16.0 Å². The number of carbonyl (C=O) groups excluding carboxylic acids is 1. The van der Waals surface area contributed by atoms with Crippen LogP contribution in [0, 0.1) is 5.92 Å². The van der Waals surface area contributed by atoms with Gasteiger partial charge in [0.1, 0.15) is 0 Å². The number of unbranched alkanes of at least 4 members (excludes halogenated alkanes) is 2. The van der Waals surface area contributed by atoms with E-state index in [1.54, 1.807) is 0 Å². The fourth-order valence-electron chi connectivity index (χ4n) is 2.99. The fraction of sp³-hybridized carbons (Fsp3) is 0.933. The zero-order valence-corrected chi connectivity index (χ0v) is 15.0. The molecule has 1 saturated carbocycles. The second kappa shape index (κ2) is 10.5. The van der Waals surface area contributed by atoms with Crippen LogP contribution in [0.4, 0.5) is 0 Å². The molecule has 4 nitrogen and oxygen atoms in total. The van der Waals surface area contributed by atoms with Crippen LogP contribution in [0.2, 0.25) is 0 Å². The molecule has 6 heteroatoms. The Morgan fingerprint density at radius 2 is 1.90 bits per heavy atom. The normalized spacial score (nSPS) is 26.4. The van der Waals surface area contributed by atoms with Crippen LogP contribution in [0.1, 0.15) is 51.9 Å². The van der Waals surface area contributed by atoms with Crippen LogP contribution in [0.5, 0.6) is 0 Å². The Labute approximate surface area is 136 Å². The molecule has 1 aliphatic carbocycles. The Bertz CT molecular complexity index is 371.